The first-order valence-corrected chi connectivity index (χ1v) is 3.57. The maximum atomic E-state index is 11.1. The van der Waals surface area contributed by atoms with Crippen molar-refractivity contribution >= 4 is 5.97 Å². The van der Waals surface area contributed by atoms with E-state index in [1.807, 2.05) is 0 Å². The van der Waals surface area contributed by atoms with Crippen molar-refractivity contribution in [3.8, 4) is 5.75 Å². The molecular formula is C8H9NO4. The molecule has 0 aliphatic carbocycles. The number of carbonyl (C=O) groups excluding carboxylic acids is 1. The van der Waals surface area contributed by atoms with Gasteiger partial charge in [0.05, 0.1) is 7.11 Å². The Morgan fingerprint density at radius 3 is 2.77 bits per heavy atom. The van der Waals surface area contributed by atoms with E-state index in [1.54, 1.807) is 6.92 Å². The number of hydrogen-bond donors (Lipinski definition) is 1. The predicted molar refractivity (Wildman–Crippen MR) is 43.1 cm³/mol. The molecule has 1 N–H and O–H groups in total. The maximum absolute atomic E-state index is 11.1. The van der Waals surface area contributed by atoms with Gasteiger partial charge in [-0.15, -0.1) is 0 Å². The summed E-state index contributed by atoms with van der Waals surface area (Å²) in [6.07, 6.45) is 0.902. The number of hydrogen-bond acceptors (Lipinski definition) is 4. The van der Waals surface area contributed by atoms with Crippen LogP contribution in [0.15, 0.2) is 12.3 Å². The van der Waals surface area contributed by atoms with E-state index < -0.39 is 5.97 Å². The molecule has 70 valence electrons. The maximum Gasteiger partial charge on any atom is 0.405 e. The number of nitrogens with zero attached hydrogens (tertiary/aromatic N) is 1. The third-order valence-electron chi connectivity index (χ3n) is 1.59. The van der Waals surface area contributed by atoms with Crippen LogP contribution in [0.4, 0.5) is 0 Å². The number of aromatic nitrogens is 1. The summed E-state index contributed by atoms with van der Waals surface area (Å²) >= 11 is 0. The number of methoxy groups -OCH3 is 1. The van der Waals surface area contributed by atoms with Crippen LogP contribution in [0.25, 0.3) is 0 Å². The third-order valence-corrected chi connectivity index (χ3v) is 1.59. The molecule has 0 radical (unpaired) electrons. The van der Waals surface area contributed by atoms with E-state index in [-0.39, 0.29) is 16.2 Å². The SMILES string of the molecule is COC(=O)c1c(C)cc(O)c[n+]1[O-]. The summed E-state index contributed by atoms with van der Waals surface area (Å²) in [5, 5.41) is 20.1. The Hall–Kier alpha value is -1.78. The summed E-state index contributed by atoms with van der Waals surface area (Å²) in [5.74, 6) is -0.896. The van der Waals surface area contributed by atoms with Crippen LogP contribution in [-0.2, 0) is 4.74 Å². The Balaban J connectivity index is 3.28. The van der Waals surface area contributed by atoms with Crippen molar-refractivity contribution < 1.29 is 19.4 Å². The average molecular weight is 183 g/mol. The lowest BCUT2D eigenvalue weighted by atomic mass is 10.2. The fourth-order valence-electron chi connectivity index (χ4n) is 1.03. The number of ether oxygens (including phenoxy) is 1. The zero-order valence-corrected chi connectivity index (χ0v) is 7.27. The van der Waals surface area contributed by atoms with Crippen LogP contribution < -0.4 is 4.73 Å². The molecule has 0 bridgehead atoms. The van der Waals surface area contributed by atoms with Gasteiger partial charge in [-0.2, -0.15) is 4.73 Å². The Labute approximate surface area is 74.8 Å². The lowest BCUT2D eigenvalue weighted by Gasteiger charge is -2.05. The van der Waals surface area contributed by atoms with Crippen LogP contribution in [0.1, 0.15) is 16.1 Å². The molecule has 0 atom stereocenters. The molecular weight excluding hydrogens is 174 g/mol. The van der Waals surface area contributed by atoms with Crippen molar-refractivity contribution in [2.24, 2.45) is 0 Å². The number of carbonyl (C=O) groups is 1. The van der Waals surface area contributed by atoms with Crippen molar-refractivity contribution in [1.29, 1.82) is 0 Å². The molecule has 0 unspecified atom stereocenters. The van der Waals surface area contributed by atoms with E-state index in [1.165, 1.54) is 13.2 Å². The largest absolute Gasteiger partial charge is 0.618 e. The summed E-state index contributed by atoms with van der Waals surface area (Å²) in [5.41, 5.74) is 0.266. The highest BCUT2D eigenvalue weighted by molar-refractivity contribution is 5.87. The molecule has 1 aromatic heterocycles. The Bertz CT molecular complexity index is 325. The topological polar surface area (TPSA) is 73.5 Å². The zero-order valence-electron chi connectivity index (χ0n) is 7.27. The summed E-state index contributed by atoms with van der Waals surface area (Å²) in [6, 6.07) is 1.32. The van der Waals surface area contributed by atoms with Gasteiger partial charge in [-0.05, 0) is 13.0 Å². The molecule has 1 rings (SSSR count). The standard InChI is InChI=1S/C8H9NO4/c1-5-3-6(10)4-9(12)7(5)8(11)13-2/h3-4,10H,1-2H3. The van der Waals surface area contributed by atoms with E-state index >= 15 is 0 Å². The second-order valence-corrected chi connectivity index (χ2v) is 2.55. The molecule has 0 aliphatic heterocycles. The van der Waals surface area contributed by atoms with Crippen molar-refractivity contribution in [3.63, 3.8) is 0 Å². The number of esters is 1. The Kier molecular flexibility index (Phi) is 2.36. The Morgan fingerprint density at radius 1 is 1.69 bits per heavy atom. The molecule has 0 aliphatic rings. The van der Waals surface area contributed by atoms with E-state index in [0.717, 1.165) is 6.20 Å². The van der Waals surface area contributed by atoms with Gasteiger partial charge in [-0.1, -0.05) is 0 Å². The molecule has 0 fully saturated rings. The van der Waals surface area contributed by atoms with Crippen LogP contribution >= 0.6 is 0 Å². The first-order chi connectivity index (χ1) is 6.06. The number of aryl methyl sites for hydroxylation is 1. The number of pyridine rings is 1. The van der Waals surface area contributed by atoms with Gasteiger partial charge in [0, 0.05) is 5.56 Å². The quantitative estimate of drug-likeness (QED) is 0.381. The molecule has 0 spiro atoms. The van der Waals surface area contributed by atoms with E-state index in [9.17, 15) is 10.0 Å². The predicted octanol–water partition coefficient (Wildman–Crippen LogP) is 0.121. The van der Waals surface area contributed by atoms with Crippen molar-refractivity contribution in [1.82, 2.24) is 0 Å². The monoisotopic (exact) mass is 183 g/mol. The van der Waals surface area contributed by atoms with E-state index in [0.29, 0.717) is 5.56 Å². The minimum Gasteiger partial charge on any atom is -0.618 e. The second-order valence-electron chi connectivity index (χ2n) is 2.55. The normalized spacial score (nSPS) is 9.69. The van der Waals surface area contributed by atoms with Gasteiger partial charge in [0.15, 0.2) is 5.75 Å². The number of aromatic hydroxyl groups is 1. The van der Waals surface area contributed by atoms with Gasteiger partial charge in [-0.25, -0.2) is 4.79 Å². The highest BCUT2D eigenvalue weighted by Crippen LogP contribution is 2.11. The van der Waals surface area contributed by atoms with Crippen molar-refractivity contribution in [2.45, 2.75) is 6.92 Å². The molecule has 0 saturated carbocycles. The molecule has 0 amide bonds. The minimum absolute atomic E-state index is 0.111. The molecule has 5 heteroatoms. The fraction of sp³-hybridized carbons (Fsp3) is 0.250. The van der Waals surface area contributed by atoms with Crippen LogP contribution in [0, 0.1) is 12.1 Å². The summed E-state index contributed by atoms with van der Waals surface area (Å²) in [6.45, 7) is 1.54. The lowest BCUT2D eigenvalue weighted by molar-refractivity contribution is -0.609. The summed E-state index contributed by atoms with van der Waals surface area (Å²) in [7, 11) is 1.19. The van der Waals surface area contributed by atoms with Crippen molar-refractivity contribution in [2.75, 3.05) is 7.11 Å². The van der Waals surface area contributed by atoms with Crippen LogP contribution in [0.2, 0.25) is 0 Å². The minimum atomic E-state index is -0.715. The van der Waals surface area contributed by atoms with Gasteiger partial charge in [0.25, 0.3) is 0 Å². The third kappa shape index (κ3) is 1.69. The average Bonchev–Trinajstić information content (AvgIpc) is 2.02. The van der Waals surface area contributed by atoms with Gasteiger partial charge in [-0.3, -0.25) is 0 Å². The molecule has 1 aromatic rings. The smallest absolute Gasteiger partial charge is 0.405 e. The highest BCUT2D eigenvalue weighted by Gasteiger charge is 2.20. The van der Waals surface area contributed by atoms with Crippen LogP contribution in [-0.4, -0.2) is 18.2 Å². The van der Waals surface area contributed by atoms with E-state index in [2.05, 4.69) is 4.74 Å². The van der Waals surface area contributed by atoms with Crippen LogP contribution in [0.5, 0.6) is 5.75 Å². The summed E-state index contributed by atoms with van der Waals surface area (Å²) < 4.78 is 4.68. The highest BCUT2D eigenvalue weighted by atomic mass is 16.5. The molecule has 0 saturated heterocycles. The van der Waals surface area contributed by atoms with E-state index in [4.69, 9.17) is 5.11 Å². The lowest BCUT2D eigenvalue weighted by Crippen LogP contribution is -2.35. The second kappa shape index (κ2) is 3.30. The first kappa shape index (κ1) is 9.31. The first-order valence-electron chi connectivity index (χ1n) is 3.57. The van der Waals surface area contributed by atoms with Gasteiger partial charge in [0.1, 0.15) is 0 Å². The molecule has 1 heterocycles. The summed E-state index contributed by atoms with van der Waals surface area (Å²) in [4.78, 5) is 11.0. The van der Waals surface area contributed by atoms with Gasteiger partial charge in [0.2, 0.25) is 6.20 Å². The van der Waals surface area contributed by atoms with Gasteiger partial charge < -0.3 is 15.1 Å². The molecule has 0 aromatic carbocycles. The van der Waals surface area contributed by atoms with Gasteiger partial charge >= 0.3 is 11.7 Å². The van der Waals surface area contributed by atoms with Crippen molar-refractivity contribution in [3.05, 3.63) is 28.7 Å². The molecule has 5 nitrogen and oxygen atoms in total. The fourth-order valence-corrected chi connectivity index (χ4v) is 1.03. The zero-order chi connectivity index (χ0) is 10.0. The van der Waals surface area contributed by atoms with Crippen LogP contribution in [0.3, 0.4) is 0 Å². The number of rotatable bonds is 1. The molecule has 13 heavy (non-hydrogen) atoms. The Morgan fingerprint density at radius 2 is 2.31 bits per heavy atom.